The average Bonchev–Trinajstić information content (AvgIpc) is 3.48. The van der Waals surface area contributed by atoms with Crippen molar-refractivity contribution >= 4 is 17.7 Å². The summed E-state index contributed by atoms with van der Waals surface area (Å²) >= 11 is 0. The number of carbonyl (C=O) groups is 1. The van der Waals surface area contributed by atoms with E-state index in [1.807, 2.05) is 36.2 Å². The molecule has 32 heavy (non-hydrogen) atoms. The molecule has 1 spiro atoms. The Morgan fingerprint density at radius 2 is 2.09 bits per heavy atom. The zero-order chi connectivity index (χ0) is 22.3. The molecule has 1 saturated carbocycles. The Kier molecular flexibility index (Phi) is 5.12. The summed E-state index contributed by atoms with van der Waals surface area (Å²) in [6.07, 6.45) is 12.7. The molecule has 2 aromatic rings. The molecule has 7 heteroatoms. The number of anilines is 1. The highest BCUT2D eigenvalue weighted by Crippen LogP contribution is 2.54. The maximum absolute atomic E-state index is 13.6. The number of fused-ring (bicyclic) bond motifs is 2. The zero-order valence-corrected chi connectivity index (χ0v) is 18.5. The van der Waals surface area contributed by atoms with Crippen molar-refractivity contribution in [2.75, 3.05) is 24.5 Å². The van der Waals surface area contributed by atoms with Crippen LogP contribution in [0.25, 0.3) is 6.08 Å². The van der Waals surface area contributed by atoms with Crippen molar-refractivity contribution in [1.82, 2.24) is 20.1 Å². The van der Waals surface area contributed by atoms with E-state index in [4.69, 9.17) is 4.74 Å². The summed E-state index contributed by atoms with van der Waals surface area (Å²) in [7, 11) is 0. The van der Waals surface area contributed by atoms with E-state index in [2.05, 4.69) is 33.2 Å². The van der Waals surface area contributed by atoms with Gasteiger partial charge in [-0.05, 0) is 49.1 Å². The third-order valence-electron chi connectivity index (χ3n) is 6.93. The number of aryl methyl sites for hydroxylation is 1. The fraction of sp³-hybridized carbons (Fsp3) is 0.400. The second-order valence-electron chi connectivity index (χ2n) is 9.04. The minimum absolute atomic E-state index is 0.0401. The van der Waals surface area contributed by atoms with Gasteiger partial charge < -0.3 is 14.5 Å². The van der Waals surface area contributed by atoms with Crippen molar-refractivity contribution in [2.45, 2.75) is 44.1 Å². The number of aromatic amines is 1. The molecule has 166 valence electrons. The van der Waals surface area contributed by atoms with Crippen LogP contribution < -0.4 is 4.90 Å². The van der Waals surface area contributed by atoms with Crippen molar-refractivity contribution in [2.24, 2.45) is 0 Å². The largest absolute Gasteiger partial charge is 0.491 e. The highest BCUT2D eigenvalue weighted by atomic mass is 16.5. The summed E-state index contributed by atoms with van der Waals surface area (Å²) in [4.78, 5) is 22.1. The van der Waals surface area contributed by atoms with E-state index >= 15 is 0 Å². The molecule has 1 saturated heterocycles. The number of carbonyl (C=O) groups excluding carboxylic acids is 1. The minimum atomic E-state index is -0.530. The van der Waals surface area contributed by atoms with Crippen LogP contribution in [0.2, 0.25) is 0 Å². The van der Waals surface area contributed by atoms with Crippen molar-refractivity contribution in [1.29, 1.82) is 0 Å². The number of nitrogens with one attached hydrogen (secondary N) is 1. The lowest BCUT2D eigenvalue weighted by atomic mass is 9.63. The summed E-state index contributed by atoms with van der Waals surface area (Å²) in [6, 6.07) is 1.98. The minimum Gasteiger partial charge on any atom is -0.491 e. The normalized spacial score (nSPS) is 24.3. The van der Waals surface area contributed by atoms with Crippen LogP contribution in [0.5, 0.6) is 0 Å². The predicted octanol–water partition coefficient (Wildman–Crippen LogP) is 3.71. The van der Waals surface area contributed by atoms with Crippen molar-refractivity contribution in [3.8, 4) is 0 Å². The summed E-state index contributed by atoms with van der Waals surface area (Å²) in [5, 5.41) is 6.95. The smallest absolute Gasteiger partial charge is 0.238 e. The Balaban J connectivity index is 1.26. The fourth-order valence-corrected chi connectivity index (χ4v) is 5.11. The third-order valence-corrected chi connectivity index (χ3v) is 6.93. The van der Waals surface area contributed by atoms with Gasteiger partial charge in [-0.15, -0.1) is 0 Å². The molecule has 1 N–H and O–H groups in total. The number of allylic oxidation sites excluding steroid dienone is 1. The Morgan fingerprint density at radius 3 is 2.81 bits per heavy atom. The standard InChI is InChI=1S/C25H29N5O2/c1-17-14-27-28-22(17)7-6-19(3)32-20-12-25(13-20)21-8-9-26-15-23(21)30(24(25)31)16-18(2)29-10-4-5-11-29/h6-9,14-15,20H,2-5,10-13,16H2,1H3,(H,27,28)/b7-6-. The molecule has 5 rings (SSSR count). The van der Waals surface area contributed by atoms with Crippen LogP contribution in [0.3, 0.4) is 0 Å². The molecular weight excluding hydrogens is 402 g/mol. The molecule has 0 aromatic carbocycles. The maximum atomic E-state index is 13.6. The Labute approximate surface area is 188 Å². The Morgan fingerprint density at radius 1 is 1.31 bits per heavy atom. The van der Waals surface area contributed by atoms with Crippen LogP contribution >= 0.6 is 0 Å². The quantitative estimate of drug-likeness (QED) is 0.534. The first kappa shape index (κ1) is 20.5. The number of H-pyrrole nitrogens is 1. The molecule has 2 fully saturated rings. The van der Waals surface area contributed by atoms with Gasteiger partial charge in [-0.25, -0.2) is 0 Å². The van der Waals surface area contributed by atoms with E-state index in [0.717, 1.165) is 41.3 Å². The highest BCUT2D eigenvalue weighted by Gasteiger charge is 2.59. The van der Waals surface area contributed by atoms with E-state index in [0.29, 0.717) is 25.1 Å². The first-order chi connectivity index (χ1) is 15.5. The topological polar surface area (TPSA) is 74.3 Å². The van der Waals surface area contributed by atoms with Crippen molar-refractivity contribution < 1.29 is 9.53 Å². The number of hydrogen-bond donors (Lipinski definition) is 1. The van der Waals surface area contributed by atoms with Crippen LogP contribution in [0.15, 0.2) is 55.3 Å². The summed E-state index contributed by atoms with van der Waals surface area (Å²) in [5.74, 6) is 0.716. The van der Waals surface area contributed by atoms with Gasteiger partial charge in [0.1, 0.15) is 11.9 Å². The SMILES string of the molecule is C=C(/C=C\c1[nH]ncc1C)OC1CC2(C1)C(=O)N(CC(=C)N1CCCC1)c1cnccc12. The monoisotopic (exact) mass is 431 g/mol. The molecule has 1 amide bonds. The lowest BCUT2D eigenvalue weighted by Crippen LogP contribution is -2.53. The van der Waals surface area contributed by atoms with Gasteiger partial charge in [-0.1, -0.05) is 13.2 Å². The molecule has 0 atom stereocenters. The maximum Gasteiger partial charge on any atom is 0.238 e. The number of likely N-dealkylation sites (tertiary alicyclic amines) is 1. The second-order valence-corrected chi connectivity index (χ2v) is 9.04. The van der Waals surface area contributed by atoms with Gasteiger partial charge in [0.25, 0.3) is 0 Å². The van der Waals surface area contributed by atoms with Gasteiger partial charge in [-0.2, -0.15) is 5.10 Å². The lowest BCUT2D eigenvalue weighted by molar-refractivity contribution is -0.131. The third kappa shape index (κ3) is 3.42. The number of hydrogen-bond acceptors (Lipinski definition) is 5. The van der Waals surface area contributed by atoms with Crippen LogP contribution in [0.4, 0.5) is 5.69 Å². The molecule has 7 nitrogen and oxygen atoms in total. The van der Waals surface area contributed by atoms with Crippen molar-refractivity contribution in [3.05, 3.63) is 72.2 Å². The number of ether oxygens (including phenoxy) is 1. The van der Waals surface area contributed by atoms with Crippen LogP contribution in [-0.4, -0.2) is 51.7 Å². The molecular formula is C25H29N5O2. The fourth-order valence-electron chi connectivity index (χ4n) is 5.11. The molecule has 2 aromatic heterocycles. The Bertz CT molecular complexity index is 1090. The van der Waals surface area contributed by atoms with Gasteiger partial charge in [0.2, 0.25) is 5.91 Å². The number of aromatic nitrogens is 3. The molecule has 0 radical (unpaired) electrons. The number of nitrogens with zero attached hydrogens (tertiary/aromatic N) is 4. The van der Waals surface area contributed by atoms with Crippen LogP contribution in [0, 0.1) is 6.92 Å². The summed E-state index contributed by atoms with van der Waals surface area (Å²) < 4.78 is 6.04. The van der Waals surface area contributed by atoms with E-state index in [1.54, 1.807) is 12.4 Å². The molecule has 4 heterocycles. The summed E-state index contributed by atoms with van der Waals surface area (Å²) in [5.41, 5.74) is 4.43. The predicted molar refractivity (Wildman–Crippen MR) is 124 cm³/mol. The van der Waals surface area contributed by atoms with E-state index in [9.17, 15) is 4.79 Å². The van der Waals surface area contributed by atoms with Gasteiger partial charge in [0.05, 0.1) is 35.7 Å². The lowest BCUT2D eigenvalue weighted by Gasteiger charge is -2.43. The molecule has 3 aliphatic rings. The molecule has 1 aliphatic carbocycles. The summed E-state index contributed by atoms with van der Waals surface area (Å²) in [6.45, 7) is 12.8. The first-order valence-corrected chi connectivity index (χ1v) is 11.2. The van der Waals surface area contributed by atoms with Gasteiger partial charge in [0, 0.05) is 37.8 Å². The zero-order valence-electron chi connectivity index (χ0n) is 18.5. The van der Waals surface area contributed by atoms with Gasteiger partial charge >= 0.3 is 0 Å². The number of pyridine rings is 1. The number of rotatable bonds is 7. The van der Waals surface area contributed by atoms with E-state index in [1.165, 1.54) is 12.8 Å². The Hall–Kier alpha value is -3.35. The van der Waals surface area contributed by atoms with E-state index < -0.39 is 5.41 Å². The highest BCUT2D eigenvalue weighted by molar-refractivity contribution is 6.09. The molecule has 0 bridgehead atoms. The van der Waals surface area contributed by atoms with Crippen LogP contribution in [-0.2, 0) is 14.9 Å². The van der Waals surface area contributed by atoms with Gasteiger partial charge in [0.15, 0.2) is 0 Å². The number of amides is 1. The van der Waals surface area contributed by atoms with Gasteiger partial charge in [-0.3, -0.25) is 14.9 Å². The first-order valence-electron chi connectivity index (χ1n) is 11.2. The van der Waals surface area contributed by atoms with E-state index in [-0.39, 0.29) is 12.0 Å². The average molecular weight is 432 g/mol. The second kappa shape index (κ2) is 7.97. The molecule has 2 aliphatic heterocycles. The molecule has 0 unspecified atom stereocenters. The van der Waals surface area contributed by atoms with Crippen LogP contribution in [0.1, 0.15) is 42.5 Å². The van der Waals surface area contributed by atoms with Crippen molar-refractivity contribution in [3.63, 3.8) is 0 Å².